The zero-order chi connectivity index (χ0) is 27.1. The van der Waals surface area contributed by atoms with Gasteiger partial charge in [0.05, 0.1) is 17.1 Å². The number of ketones is 1. The first-order valence-corrected chi connectivity index (χ1v) is 12.1. The first kappa shape index (κ1) is 25.6. The lowest BCUT2D eigenvalue weighted by atomic mass is 9.92. The number of nitrogen functional groups attached to an aromatic ring is 1. The normalized spacial score (nSPS) is 20.8. The average Bonchev–Trinajstić information content (AvgIpc) is 3.51. The molecule has 2 fully saturated rings. The maximum absolute atomic E-state index is 14.9. The van der Waals surface area contributed by atoms with Crippen LogP contribution in [0.5, 0.6) is 0 Å². The third-order valence-electron chi connectivity index (χ3n) is 6.76. The molecule has 5 rings (SSSR count). The Kier molecular flexibility index (Phi) is 6.74. The van der Waals surface area contributed by atoms with Gasteiger partial charge in [0.15, 0.2) is 24.1 Å². The molecule has 13 heteroatoms. The van der Waals surface area contributed by atoms with Crippen LogP contribution in [0.3, 0.4) is 0 Å². The van der Waals surface area contributed by atoms with E-state index in [2.05, 4.69) is 4.98 Å². The van der Waals surface area contributed by atoms with E-state index in [0.29, 0.717) is 12.0 Å². The van der Waals surface area contributed by atoms with E-state index < -0.39 is 59.6 Å². The Morgan fingerprint density at radius 2 is 1.97 bits per heavy atom. The number of pyridine rings is 1. The van der Waals surface area contributed by atoms with Crippen molar-refractivity contribution in [2.75, 3.05) is 30.4 Å². The van der Waals surface area contributed by atoms with Gasteiger partial charge in [0.25, 0.3) is 0 Å². The van der Waals surface area contributed by atoms with E-state index in [1.807, 2.05) is 0 Å². The number of esters is 1. The second kappa shape index (κ2) is 10.0. The molecule has 38 heavy (non-hydrogen) atoms. The van der Waals surface area contributed by atoms with Gasteiger partial charge in [-0.1, -0.05) is 11.6 Å². The first-order chi connectivity index (χ1) is 18.2. The lowest BCUT2D eigenvalue weighted by Crippen LogP contribution is -2.47. The molecule has 2 aromatic rings. The monoisotopic (exact) mass is 546 g/mol. The fourth-order valence-corrected chi connectivity index (χ4v) is 5.14. The highest BCUT2D eigenvalue weighted by atomic mass is 35.5. The van der Waals surface area contributed by atoms with E-state index in [4.69, 9.17) is 26.8 Å². The second-order valence-electron chi connectivity index (χ2n) is 8.98. The SMILES string of the molecule is Nc1ccc(Cl)c(F)c1C1=CC(=O)N2C(CC[C@H]2C(=O)OCC(=O)c2ccnc(N3CCOC3=O)c2F)C1. The number of hydrogen-bond donors (Lipinski definition) is 1. The van der Waals surface area contributed by atoms with Gasteiger partial charge in [-0.25, -0.2) is 23.4 Å². The molecular formula is C25H21ClF2N4O6. The Hall–Kier alpha value is -4.06. The Morgan fingerprint density at radius 3 is 2.71 bits per heavy atom. The third-order valence-corrected chi connectivity index (χ3v) is 7.06. The van der Waals surface area contributed by atoms with Crippen molar-refractivity contribution < 1.29 is 37.4 Å². The maximum atomic E-state index is 14.9. The topological polar surface area (TPSA) is 132 Å². The highest BCUT2D eigenvalue weighted by molar-refractivity contribution is 6.31. The molecule has 3 aliphatic rings. The predicted molar refractivity (Wildman–Crippen MR) is 130 cm³/mol. The molecule has 2 saturated heterocycles. The number of amides is 2. The number of aromatic nitrogens is 1. The van der Waals surface area contributed by atoms with Crippen LogP contribution in [0.25, 0.3) is 5.57 Å². The minimum atomic E-state index is -1.04. The number of nitrogens with zero attached hydrogens (tertiary/aromatic N) is 3. The Bertz CT molecular complexity index is 1400. The fourth-order valence-electron chi connectivity index (χ4n) is 4.98. The minimum Gasteiger partial charge on any atom is -0.456 e. The summed E-state index contributed by atoms with van der Waals surface area (Å²) in [5.41, 5.74) is 6.10. The largest absolute Gasteiger partial charge is 0.456 e. The third kappa shape index (κ3) is 4.44. The van der Waals surface area contributed by atoms with Gasteiger partial charge in [0.1, 0.15) is 12.6 Å². The van der Waals surface area contributed by atoms with Crippen LogP contribution in [0.4, 0.5) is 25.1 Å². The number of nitrogens with two attached hydrogens (primary N) is 1. The quantitative estimate of drug-likeness (QED) is 0.332. The number of cyclic esters (lactones) is 1. The molecule has 0 spiro atoms. The van der Waals surface area contributed by atoms with Gasteiger partial charge in [0, 0.05) is 29.6 Å². The zero-order valence-electron chi connectivity index (χ0n) is 19.8. The summed E-state index contributed by atoms with van der Waals surface area (Å²) >= 11 is 5.89. The van der Waals surface area contributed by atoms with Crippen molar-refractivity contribution >= 4 is 52.4 Å². The molecule has 1 unspecified atom stereocenters. The Balaban J connectivity index is 1.27. The molecule has 1 aromatic carbocycles. The van der Waals surface area contributed by atoms with Crippen LogP contribution in [0.2, 0.25) is 5.02 Å². The van der Waals surface area contributed by atoms with Crippen LogP contribution in [0.1, 0.15) is 35.2 Å². The van der Waals surface area contributed by atoms with Crippen molar-refractivity contribution in [3.8, 4) is 0 Å². The number of fused-ring (bicyclic) bond motifs is 1. The van der Waals surface area contributed by atoms with Gasteiger partial charge in [-0.15, -0.1) is 0 Å². The van der Waals surface area contributed by atoms with E-state index in [-0.39, 0.29) is 48.1 Å². The average molecular weight is 547 g/mol. The van der Waals surface area contributed by atoms with E-state index in [1.54, 1.807) is 0 Å². The molecule has 4 heterocycles. The van der Waals surface area contributed by atoms with E-state index in [9.17, 15) is 28.0 Å². The van der Waals surface area contributed by atoms with Crippen LogP contribution in [-0.2, 0) is 19.1 Å². The van der Waals surface area contributed by atoms with Gasteiger partial charge < -0.3 is 20.1 Å². The Morgan fingerprint density at radius 1 is 1.18 bits per heavy atom. The smallest absolute Gasteiger partial charge is 0.415 e. The zero-order valence-corrected chi connectivity index (χ0v) is 20.5. The number of halogens is 3. The minimum absolute atomic E-state index is 0.0584. The molecule has 3 aliphatic heterocycles. The van der Waals surface area contributed by atoms with Crippen molar-refractivity contribution in [3.63, 3.8) is 0 Å². The molecule has 1 aromatic heterocycles. The summed E-state index contributed by atoms with van der Waals surface area (Å²) in [6, 6.07) is 2.53. The van der Waals surface area contributed by atoms with Crippen molar-refractivity contribution in [2.45, 2.75) is 31.3 Å². The summed E-state index contributed by atoms with van der Waals surface area (Å²) in [5, 5.41) is -0.124. The molecule has 0 radical (unpaired) electrons. The lowest BCUT2D eigenvalue weighted by molar-refractivity contribution is -0.152. The van der Waals surface area contributed by atoms with Crippen LogP contribution in [0, 0.1) is 11.6 Å². The lowest BCUT2D eigenvalue weighted by Gasteiger charge is -2.33. The molecular weight excluding hydrogens is 526 g/mol. The second-order valence-corrected chi connectivity index (χ2v) is 9.39. The van der Waals surface area contributed by atoms with E-state index in [1.165, 1.54) is 23.1 Å². The molecule has 2 N–H and O–H groups in total. The number of carbonyl (C=O) groups excluding carboxylic acids is 4. The highest BCUT2D eigenvalue weighted by Crippen LogP contribution is 2.40. The first-order valence-electron chi connectivity index (χ1n) is 11.7. The van der Waals surface area contributed by atoms with Gasteiger partial charge in [-0.2, -0.15) is 0 Å². The number of ether oxygens (including phenoxy) is 2. The van der Waals surface area contributed by atoms with Crippen LogP contribution < -0.4 is 10.6 Å². The summed E-state index contributed by atoms with van der Waals surface area (Å²) in [6.45, 7) is -0.640. The fraction of sp³-hybridized carbons (Fsp3) is 0.320. The maximum Gasteiger partial charge on any atom is 0.415 e. The van der Waals surface area contributed by atoms with Crippen LogP contribution in [-0.4, -0.2) is 65.5 Å². The number of rotatable bonds is 6. The van der Waals surface area contributed by atoms with Crippen molar-refractivity contribution in [3.05, 3.63) is 58.3 Å². The summed E-state index contributed by atoms with van der Waals surface area (Å²) in [6.07, 6.45) is 2.55. The Labute approximate surface area is 219 Å². The van der Waals surface area contributed by atoms with Crippen LogP contribution >= 0.6 is 11.6 Å². The van der Waals surface area contributed by atoms with Gasteiger partial charge >= 0.3 is 12.1 Å². The van der Waals surface area contributed by atoms with Crippen molar-refractivity contribution in [1.29, 1.82) is 0 Å². The highest BCUT2D eigenvalue weighted by Gasteiger charge is 2.44. The number of Topliss-reactive ketones (excluding diaryl/α,β-unsaturated/α-hetero) is 1. The summed E-state index contributed by atoms with van der Waals surface area (Å²) in [4.78, 5) is 56.3. The van der Waals surface area contributed by atoms with E-state index >= 15 is 0 Å². The summed E-state index contributed by atoms with van der Waals surface area (Å²) in [5.74, 6) is -4.31. The number of hydrogen-bond acceptors (Lipinski definition) is 8. The van der Waals surface area contributed by atoms with Crippen molar-refractivity contribution in [1.82, 2.24) is 9.88 Å². The van der Waals surface area contributed by atoms with Gasteiger partial charge in [0.2, 0.25) is 11.7 Å². The molecule has 10 nitrogen and oxygen atoms in total. The summed E-state index contributed by atoms with van der Waals surface area (Å²) in [7, 11) is 0. The number of benzene rings is 1. The molecule has 2 amide bonds. The summed E-state index contributed by atoms with van der Waals surface area (Å²) < 4.78 is 39.5. The molecule has 0 aliphatic carbocycles. The van der Waals surface area contributed by atoms with E-state index in [0.717, 1.165) is 17.2 Å². The number of carbonyl (C=O) groups is 4. The standard InChI is InChI=1S/C25H21ClF2N4O6/c26-15-2-3-16(29)20(22(15)28)12-9-13-1-4-17(32(13)19(34)10-12)24(35)38-11-18(33)14-5-6-30-23(21(14)27)31-7-8-37-25(31)36/h2-3,5-6,10,13,17H,1,4,7-9,11,29H2/t13?,17-/m0/s1. The molecule has 0 saturated carbocycles. The molecule has 0 bridgehead atoms. The predicted octanol–water partition coefficient (Wildman–Crippen LogP) is 3.12. The molecule has 2 atom stereocenters. The number of anilines is 2. The van der Waals surface area contributed by atoms with Crippen molar-refractivity contribution in [2.24, 2.45) is 0 Å². The molecule has 198 valence electrons. The van der Waals surface area contributed by atoms with Gasteiger partial charge in [-0.05, 0) is 43.0 Å². The van der Waals surface area contributed by atoms with Gasteiger partial charge in [-0.3, -0.25) is 14.5 Å². The van der Waals surface area contributed by atoms with Crippen LogP contribution in [0.15, 0.2) is 30.5 Å².